The lowest BCUT2D eigenvalue weighted by atomic mass is 10.1. The van der Waals surface area contributed by atoms with Crippen LogP contribution in [0.3, 0.4) is 0 Å². The molecule has 7 heteroatoms. The minimum atomic E-state index is -2.95. The van der Waals surface area contributed by atoms with Crippen molar-refractivity contribution in [1.29, 1.82) is 0 Å². The van der Waals surface area contributed by atoms with Crippen molar-refractivity contribution in [2.45, 2.75) is 25.9 Å². The van der Waals surface area contributed by atoms with Gasteiger partial charge < -0.3 is 15.4 Å². The molecule has 0 aliphatic heterocycles. The van der Waals surface area contributed by atoms with Gasteiger partial charge in [0.15, 0.2) is 5.96 Å². The fourth-order valence-electron chi connectivity index (χ4n) is 2.59. The predicted octanol–water partition coefficient (Wildman–Crippen LogP) is 2.34. The topological polar surface area (TPSA) is 79.8 Å². The molecule has 2 N–H and O–H groups in total. The molecular weight excluding hydrogens is 350 g/mol. The summed E-state index contributed by atoms with van der Waals surface area (Å²) in [4.78, 5) is 4.20. The molecule has 0 amide bonds. The molecule has 0 bridgehead atoms. The van der Waals surface area contributed by atoms with Crippen LogP contribution < -0.4 is 15.4 Å². The number of sulfone groups is 1. The molecular formula is C19H27N3O3S. The van der Waals surface area contributed by atoms with Crippen molar-refractivity contribution < 1.29 is 13.2 Å². The monoisotopic (exact) mass is 377 g/mol. The van der Waals surface area contributed by atoms with Crippen LogP contribution in [-0.4, -0.2) is 46.6 Å². The van der Waals surface area contributed by atoms with E-state index in [9.17, 15) is 8.42 Å². The third-order valence-electron chi connectivity index (χ3n) is 4.10. The van der Waals surface area contributed by atoms with E-state index in [1.807, 2.05) is 25.1 Å². The van der Waals surface area contributed by atoms with Gasteiger partial charge in [0.1, 0.15) is 15.6 Å². The van der Waals surface area contributed by atoms with E-state index in [1.54, 1.807) is 14.2 Å². The second-order valence-electron chi connectivity index (χ2n) is 6.44. The van der Waals surface area contributed by atoms with E-state index in [-0.39, 0.29) is 11.8 Å². The van der Waals surface area contributed by atoms with E-state index in [2.05, 4.69) is 33.8 Å². The Kier molecular flexibility index (Phi) is 6.85. The Morgan fingerprint density at radius 2 is 1.88 bits per heavy atom. The number of nitrogens with one attached hydrogen (secondary N) is 2. The highest BCUT2D eigenvalue weighted by molar-refractivity contribution is 7.90. The molecule has 142 valence electrons. The fraction of sp³-hybridized carbons (Fsp3) is 0.421. The van der Waals surface area contributed by atoms with E-state index in [0.717, 1.165) is 22.1 Å². The lowest BCUT2D eigenvalue weighted by Crippen LogP contribution is -2.42. The molecule has 26 heavy (non-hydrogen) atoms. The van der Waals surface area contributed by atoms with Crippen LogP contribution >= 0.6 is 0 Å². The number of hydrogen-bond donors (Lipinski definition) is 2. The largest absolute Gasteiger partial charge is 0.497 e. The van der Waals surface area contributed by atoms with Crippen molar-refractivity contribution in [3.05, 3.63) is 42.0 Å². The third-order valence-corrected chi connectivity index (χ3v) is 5.08. The molecule has 1 unspecified atom stereocenters. The van der Waals surface area contributed by atoms with E-state index >= 15 is 0 Å². The summed E-state index contributed by atoms with van der Waals surface area (Å²) >= 11 is 0. The summed E-state index contributed by atoms with van der Waals surface area (Å²) in [6.07, 6.45) is 1.79. The molecule has 2 rings (SSSR count). The molecule has 0 aliphatic rings. The Bertz CT molecular complexity index is 879. The van der Waals surface area contributed by atoms with E-state index in [4.69, 9.17) is 4.74 Å². The van der Waals surface area contributed by atoms with Gasteiger partial charge in [0.25, 0.3) is 0 Å². The number of nitrogens with zero attached hydrogens (tertiary/aromatic N) is 1. The highest BCUT2D eigenvalue weighted by atomic mass is 32.2. The van der Waals surface area contributed by atoms with Crippen LogP contribution in [0.25, 0.3) is 10.8 Å². The van der Waals surface area contributed by atoms with Crippen molar-refractivity contribution in [2.24, 2.45) is 4.99 Å². The van der Waals surface area contributed by atoms with Crippen molar-refractivity contribution >= 4 is 26.6 Å². The number of ether oxygens (including phenoxy) is 1. The first-order valence-electron chi connectivity index (χ1n) is 8.52. The molecule has 0 aromatic heterocycles. The van der Waals surface area contributed by atoms with E-state index < -0.39 is 9.84 Å². The minimum absolute atomic E-state index is 0.0139. The van der Waals surface area contributed by atoms with Crippen molar-refractivity contribution in [2.75, 3.05) is 26.2 Å². The normalized spacial score (nSPS) is 13.5. The zero-order chi connectivity index (χ0) is 19.2. The summed E-state index contributed by atoms with van der Waals surface area (Å²) in [6.45, 7) is 2.57. The molecule has 0 spiro atoms. The van der Waals surface area contributed by atoms with Gasteiger partial charge in [-0.05, 0) is 47.9 Å². The molecule has 6 nitrogen and oxygen atoms in total. The second-order valence-corrected chi connectivity index (χ2v) is 8.70. The van der Waals surface area contributed by atoms with E-state index in [1.165, 1.54) is 6.26 Å². The molecule has 0 saturated heterocycles. The van der Waals surface area contributed by atoms with Crippen molar-refractivity contribution in [1.82, 2.24) is 10.6 Å². The zero-order valence-electron chi connectivity index (χ0n) is 15.7. The maximum atomic E-state index is 11.3. The van der Waals surface area contributed by atoms with Crippen LogP contribution in [0.15, 0.2) is 41.4 Å². The maximum absolute atomic E-state index is 11.3. The van der Waals surface area contributed by atoms with E-state index in [0.29, 0.717) is 18.9 Å². The van der Waals surface area contributed by atoms with Gasteiger partial charge in [-0.15, -0.1) is 0 Å². The third kappa shape index (κ3) is 6.22. The van der Waals surface area contributed by atoms with Gasteiger partial charge in [-0.1, -0.05) is 18.2 Å². The minimum Gasteiger partial charge on any atom is -0.497 e. The van der Waals surface area contributed by atoms with Crippen LogP contribution in [0.4, 0.5) is 0 Å². The van der Waals surface area contributed by atoms with Crippen LogP contribution in [0, 0.1) is 0 Å². The molecule has 2 aromatic rings. The first kappa shape index (κ1) is 20.0. The summed E-state index contributed by atoms with van der Waals surface area (Å²) < 4.78 is 27.8. The summed E-state index contributed by atoms with van der Waals surface area (Å²) in [6, 6.07) is 12.3. The molecule has 0 saturated carbocycles. The summed E-state index contributed by atoms with van der Waals surface area (Å²) in [5, 5.41) is 8.76. The molecule has 0 aliphatic carbocycles. The Labute approximate surface area is 155 Å². The highest BCUT2D eigenvalue weighted by Gasteiger charge is 2.09. The number of aliphatic imine (C=N–C) groups is 1. The lowest BCUT2D eigenvalue weighted by molar-refractivity contribution is 0.415. The number of methoxy groups -OCH3 is 1. The Morgan fingerprint density at radius 3 is 2.54 bits per heavy atom. The van der Waals surface area contributed by atoms with Gasteiger partial charge in [0, 0.05) is 25.9 Å². The summed E-state index contributed by atoms with van der Waals surface area (Å²) in [7, 11) is 0.409. The SMILES string of the molecule is CN=C(NCc1ccc2cc(OC)ccc2c1)NC(C)CCS(C)(=O)=O. The average Bonchev–Trinajstić information content (AvgIpc) is 2.62. The van der Waals surface area contributed by atoms with Gasteiger partial charge in [-0.25, -0.2) is 8.42 Å². The summed E-state index contributed by atoms with van der Waals surface area (Å²) in [5.74, 6) is 1.66. The van der Waals surface area contributed by atoms with Gasteiger partial charge in [0.2, 0.25) is 0 Å². The number of guanidine groups is 1. The molecule has 2 aromatic carbocycles. The second kappa shape index (κ2) is 8.89. The Balaban J connectivity index is 1.94. The number of benzene rings is 2. The maximum Gasteiger partial charge on any atom is 0.191 e. The molecule has 0 heterocycles. The van der Waals surface area contributed by atoms with Crippen LogP contribution in [0.5, 0.6) is 5.75 Å². The first-order valence-corrected chi connectivity index (χ1v) is 10.6. The molecule has 0 radical (unpaired) electrons. The van der Waals surface area contributed by atoms with Crippen LogP contribution in [0.1, 0.15) is 18.9 Å². The van der Waals surface area contributed by atoms with Crippen LogP contribution in [0.2, 0.25) is 0 Å². The first-order chi connectivity index (χ1) is 12.3. The fourth-order valence-corrected chi connectivity index (χ4v) is 3.37. The van der Waals surface area contributed by atoms with Gasteiger partial charge >= 0.3 is 0 Å². The standard InChI is InChI=1S/C19H27N3O3S/c1-14(9-10-26(4,23)24)22-19(20-2)21-13-15-5-6-17-12-18(25-3)8-7-16(17)11-15/h5-8,11-12,14H,9-10,13H2,1-4H3,(H2,20,21,22). The number of rotatable bonds is 7. The zero-order valence-corrected chi connectivity index (χ0v) is 16.6. The molecule has 1 atom stereocenters. The highest BCUT2D eigenvalue weighted by Crippen LogP contribution is 2.21. The Morgan fingerprint density at radius 1 is 1.19 bits per heavy atom. The average molecular weight is 378 g/mol. The van der Waals surface area contributed by atoms with Crippen molar-refractivity contribution in [3.63, 3.8) is 0 Å². The Hall–Kier alpha value is -2.28. The number of fused-ring (bicyclic) bond motifs is 1. The molecule has 0 fully saturated rings. The lowest BCUT2D eigenvalue weighted by Gasteiger charge is -2.17. The smallest absolute Gasteiger partial charge is 0.191 e. The quantitative estimate of drug-likeness (QED) is 0.572. The van der Waals surface area contributed by atoms with Gasteiger partial charge in [-0.3, -0.25) is 4.99 Å². The van der Waals surface area contributed by atoms with Crippen molar-refractivity contribution in [3.8, 4) is 5.75 Å². The van der Waals surface area contributed by atoms with Gasteiger partial charge in [0.05, 0.1) is 12.9 Å². The van der Waals surface area contributed by atoms with Gasteiger partial charge in [-0.2, -0.15) is 0 Å². The number of hydrogen-bond acceptors (Lipinski definition) is 4. The summed E-state index contributed by atoms with van der Waals surface area (Å²) in [5.41, 5.74) is 1.13. The van der Waals surface area contributed by atoms with Crippen LogP contribution in [-0.2, 0) is 16.4 Å². The predicted molar refractivity (Wildman–Crippen MR) is 108 cm³/mol.